The molecule has 1 aliphatic rings. The Kier molecular flexibility index (Phi) is 5.39. The number of halogens is 1. The third-order valence-electron chi connectivity index (χ3n) is 3.78. The van der Waals surface area contributed by atoms with Crippen LogP contribution in [0.15, 0.2) is 22.7 Å². The van der Waals surface area contributed by atoms with E-state index < -0.39 is 0 Å². The third kappa shape index (κ3) is 4.06. The molecule has 0 aliphatic carbocycles. The molecular formula is C16H21BrN2O2. The van der Waals surface area contributed by atoms with Crippen molar-refractivity contribution in [1.29, 1.82) is 0 Å². The summed E-state index contributed by atoms with van der Waals surface area (Å²) in [6.45, 7) is 5.67. The second-order valence-electron chi connectivity index (χ2n) is 5.46. The Labute approximate surface area is 134 Å². The van der Waals surface area contributed by atoms with Crippen LogP contribution in [0.25, 0.3) is 0 Å². The van der Waals surface area contributed by atoms with E-state index in [9.17, 15) is 9.59 Å². The number of nitrogens with zero attached hydrogens (tertiary/aromatic N) is 2. The summed E-state index contributed by atoms with van der Waals surface area (Å²) in [5.74, 6) is 0.0933. The lowest BCUT2D eigenvalue weighted by atomic mass is 10.2. The zero-order valence-electron chi connectivity index (χ0n) is 12.6. The van der Waals surface area contributed by atoms with Crippen LogP contribution in [-0.2, 0) is 9.59 Å². The molecule has 1 aromatic carbocycles. The fourth-order valence-corrected chi connectivity index (χ4v) is 3.32. The molecule has 1 fully saturated rings. The Bertz CT molecular complexity index is 539. The number of likely N-dealkylation sites (tertiary alicyclic amines) is 1. The molecule has 2 amide bonds. The van der Waals surface area contributed by atoms with Crippen LogP contribution in [0.4, 0.5) is 5.69 Å². The number of hydrogen-bond donors (Lipinski definition) is 0. The van der Waals surface area contributed by atoms with Crippen LogP contribution in [0.2, 0.25) is 0 Å². The summed E-state index contributed by atoms with van der Waals surface area (Å²) in [6.07, 6.45) is 2.55. The van der Waals surface area contributed by atoms with Gasteiger partial charge in [0, 0.05) is 37.5 Å². The van der Waals surface area contributed by atoms with Crippen LogP contribution in [0.1, 0.15) is 31.7 Å². The number of aryl methyl sites for hydroxylation is 1. The lowest BCUT2D eigenvalue weighted by Crippen LogP contribution is -2.35. The molecule has 0 N–H and O–H groups in total. The van der Waals surface area contributed by atoms with Crippen LogP contribution >= 0.6 is 15.9 Å². The summed E-state index contributed by atoms with van der Waals surface area (Å²) in [5, 5.41) is 0. The summed E-state index contributed by atoms with van der Waals surface area (Å²) in [6, 6.07) is 5.87. The molecule has 21 heavy (non-hydrogen) atoms. The Morgan fingerprint density at radius 1 is 1.29 bits per heavy atom. The normalized spacial score (nSPS) is 14.3. The Hall–Kier alpha value is -1.36. The molecule has 0 bridgehead atoms. The number of amides is 2. The first kappa shape index (κ1) is 16.0. The molecular weight excluding hydrogens is 332 g/mol. The van der Waals surface area contributed by atoms with Crippen LogP contribution in [0.3, 0.4) is 0 Å². The van der Waals surface area contributed by atoms with Crippen molar-refractivity contribution in [3.8, 4) is 0 Å². The van der Waals surface area contributed by atoms with E-state index in [1.807, 2.05) is 30.0 Å². The monoisotopic (exact) mass is 352 g/mol. The van der Waals surface area contributed by atoms with Gasteiger partial charge in [0.05, 0.1) is 5.69 Å². The van der Waals surface area contributed by atoms with E-state index in [2.05, 4.69) is 15.9 Å². The zero-order valence-corrected chi connectivity index (χ0v) is 14.1. The van der Waals surface area contributed by atoms with Crippen molar-refractivity contribution in [2.75, 3.05) is 24.5 Å². The molecule has 1 heterocycles. The van der Waals surface area contributed by atoms with Gasteiger partial charge in [0.15, 0.2) is 0 Å². The number of carbonyl (C=O) groups is 2. The topological polar surface area (TPSA) is 40.6 Å². The predicted molar refractivity (Wildman–Crippen MR) is 87.3 cm³/mol. The quantitative estimate of drug-likeness (QED) is 0.835. The highest BCUT2D eigenvalue weighted by molar-refractivity contribution is 9.10. The van der Waals surface area contributed by atoms with Gasteiger partial charge in [-0.05, 0) is 53.4 Å². The van der Waals surface area contributed by atoms with E-state index in [0.29, 0.717) is 13.0 Å². The van der Waals surface area contributed by atoms with Gasteiger partial charge < -0.3 is 9.80 Å². The first-order valence-corrected chi connectivity index (χ1v) is 8.10. The average molecular weight is 353 g/mol. The number of carbonyl (C=O) groups excluding carboxylic acids is 2. The van der Waals surface area contributed by atoms with Crippen molar-refractivity contribution in [3.05, 3.63) is 28.2 Å². The van der Waals surface area contributed by atoms with Crippen LogP contribution in [-0.4, -0.2) is 36.3 Å². The average Bonchev–Trinajstić information content (AvgIpc) is 2.94. The van der Waals surface area contributed by atoms with Gasteiger partial charge in [0.1, 0.15) is 0 Å². The summed E-state index contributed by atoms with van der Waals surface area (Å²) in [5.41, 5.74) is 1.95. The molecule has 5 heteroatoms. The van der Waals surface area contributed by atoms with Gasteiger partial charge in [0.2, 0.25) is 11.8 Å². The minimum Gasteiger partial charge on any atom is -0.343 e. The Morgan fingerprint density at radius 2 is 1.95 bits per heavy atom. The fourth-order valence-electron chi connectivity index (χ4n) is 2.61. The van der Waals surface area contributed by atoms with Gasteiger partial charge in [0.25, 0.3) is 0 Å². The van der Waals surface area contributed by atoms with Gasteiger partial charge in [-0.2, -0.15) is 0 Å². The summed E-state index contributed by atoms with van der Waals surface area (Å²) in [4.78, 5) is 27.6. The van der Waals surface area contributed by atoms with Gasteiger partial charge in [-0.25, -0.2) is 0 Å². The lowest BCUT2D eigenvalue weighted by Gasteiger charge is -2.24. The van der Waals surface area contributed by atoms with Gasteiger partial charge in [-0.15, -0.1) is 0 Å². The minimum atomic E-state index is -0.0474. The fraction of sp³-hybridized carbons (Fsp3) is 0.500. The zero-order chi connectivity index (χ0) is 15.4. The van der Waals surface area contributed by atoms with E-state index in [-0.39, 0.29) is 11.8 Å². The standard InChI is InChI=1S/C16H21BrN2O2/c1-12-5-6-15(14(17)11-12)19(13(2)20)10-7-16(21)18-8-3-4-9-18/h5-6,11H,3-4,7-10H2,1-2H3. The van der Waals surface area contributed by atoms with Crippen LogP contribution in [0, 0.1) is 6.92 Å². The third-order valence-corrected chi connectivity index (χ3v) is 4.42. The van der Waals surface area contributed by atoms with E-state index in [1.54, 1.807) is 4.90 Å². The minimum absolute atomic E-state index is 0.0474. The van der Waals surface area contributed by atoms with E-state index >= 15 is 0 Å². The first-order valence-electron chi connectivity index (χ1n) is 7.31. The molecule has 114 valence electrons. The van der Waals surface area contributed by atoms with Crippen LogP contribution in [0.5, 0.6) is 0 Å². The van der Waals surface area contributed by atoms with Crippen molar-refractivity contribution in [2.45, 2.75) is 33.1 Å². The summed E-state index contributed by atoms with van der Waals surface area (Å²) in [7, 11) is 0. The van der Waals surface area contributed by atoms with Crippen molar-refractivity contribution in [2.24, 2.45) is 0 Å². The Morgan fingerprint density at radius 3 is 2.52 bits per heavy atom. The maximum absolute atomic E-state index is 12.1. The van der Waals surface area contributed by atoms with E-state index in [1.165, 1.54) is 6.92 Å². The SMILES string of the molecule is CC(=O)N(CCC(=O)N1CCCC1)c1ccc(C)cc1Br. The predicted octanol–water partition coefficient (Wildman–Crippen LogP) is 3.12. The molecule has 1 aromatic rings. The Balaban J connectivity index is 2.05. The second kappa shape index (κ2) is 7.07. The summed E-state index contributed by atoms with van der Waals surface area (Å²) < 4.78 is 0.881. The number of rotatable bonds is 4. The summed E-state index contributed by atoms with van der Waals surface area (Å²) >= 11 is 3.50. The highest BCUT2D eigenvalue weighted by Gasteiger charge is 2.20. The number of benzene rings is 1. The maximum Gasteiger partial charge on any atom is 0.224 e. The molecule has 0 spiro atoms. The van der Waals surface area contributed by atoms with Crippen LogP contribution < -0.4 is 4.90 Å². The van der Waals surface area contributed by atoms with E-state index in [4.69, 9.17) is 0 Å². The molecule has 0 radical (unpaired) electrons. The largest absolute Gasteiger partial charge is 0.343 e. The highest BCUT2D eigenvalue weighted by atomic mass is 79.9. The second-order valence-corrected chi connectivity index (χ2v) is 6.32. The molecule has 1 aliphatic heterocycles. The van der Waals surface area contributed by atoms with Gasteiger partial charge in [-0.1, -0.05) is 6.07 Å². The molecule has 0 atom stereocenters. The lowest BCUT2D eigenvalue weighted by molar-refractivity contribution is -0.129. The van der Waals surface area contributed by atoms with Crippen molar-refractivity contribution >= 4 is 33.4 Å². The molecule has 2 rings (SSSR count). The highest BCUT2D eigenvalue weighted by Crippen LogP contribution is 2.27. The smallest absolute Gasteiger partial charge is 0.224 e. The van der Waals surface area contributed by atoms with E-state index in [0.717, 1.165) is 41.7 Å². The number of hydrogen-bond acceptors (Lipinski definition) is 2. The molecule has 4 nitrogen and oxygen atoms in total. The van der Waals surface area contributed by atoms with Crippen molar-refractivity contribution < 1.29 is 9.59 Å². The van der Waals surface area contributed by atoms with Crippen molar-refractivity contribution in [1.82, 2.24) is 4.90 Å². The molecule has 0 saturated carbocycles. The first-order chi connectivity index (χ1) is 9.99. The molecule has 0 aromatic heterocycles. The maximum atomic E-state index is 12.1. The van der Waals surface area contributed by atoms with Crippen molar-refractivity contribution in [3.63, 3.8) is 0 Å². The number of anilines is 1. The van der Waals surface area contributed by atoms with Gasteiger partial charge >= 0.3 is 0 Å². The molecule has 0 unspecified atom stereocenters. The van der Waals surface area contributed by atoms with Gasteiger partial charge in [-0.3, -0.25) is 9.59 Å². The molecule has 1 saturated heterocycles.